The van der Waals surface area contributed by atoms with Crippen molar-refractivity contribution >= 4 is 15.7 Å². The van der Waals surface area contributed by atoms with Crippen LogP contribution in [-0.2, 0) is 22.6 Å². The van der Waals surface area contributed by atoms with Crippen molar-refractivity contribution < 1.29 is 30.9 Å². The van der Waals surface area contributed by atoms with Gasteiger partial charge < -0.3 is 9.42 Å². The fourth-order valence-corrected chi connectivity index (χ4v) is 4.23. The van der Waals surface area contributed by atoms with Gasteiger partial charge in [0.15, 0.2) is 9.84 Å². The second-order valence-corrected chi connectivity index (χ2v) is 9.97. The van der Waals surface area contributed by atoms with Crippen LogP contribution in [0.15, 0.2) is 57.9 Å². The lowest BCUT2D eigenvalue weighted by Gasteiger charge is -2.34. The van der Waals surface area contributed by atoms with Gasteiger partial charge >= 0.3 is 6.18 Å². The lowest BCUT2D eigenvalue weighted by Crippen LogP contribution is -2.48. The van der Waals surface area contributed by atoms with E-state index < -0.39 is 21.6 Å². The molecule has 2 heterocycles. The summed E-state index contributed by atoms with van der Waals surface area (Å²) < 4.78 is 67.2. The van der Waals surface area contributed by atoms with Crippen LogP contribution in [0, 0.1) is 0 Å². The van der Waals surface area contributed by atoms with Crippen LogP contribution in [0.3, 0.4) is 0 Å². The Bertz CT molecular complexity index is 1280. The summed E-state index contributed by atoms with van der Waals surface area (Å²) in [6.07, 6.45) is -3.36. The minimum absolute atomic E-state index is 0.0763. The monoisotopic (exact) mass is 494 g/mol. The lowest BCUT2D eigenvalue weighted by atomic mass is 10.1. The summed E-state index contributed by atoms with van der Waals surface area (Å²) in [5.41, 5.74) is -0.172. The highest BCUT2D eigenvalue weighted by molar-refractivity contribution is 7.90. The molecule has 0 spiro atoms. The minimum atomic E-state index is -4.46. The summed E-state index contributed by atoms with van der Waals surface area (Å²) in [6, 6.07) is 10.5. The number of sulfone groups is 1. The van der Waals surface area contributed by atoms with Crippen LogP contribution >= 0.6 is 0 Å². The number of hydrogen-bond donors (Lipinski definition) is 0. The Morgan fingerprint density at radius 3 is 2.35 bits per heavy atom. The van der Waals surface area contributed by atoms with Gasteiger partial charge in [-0.25, -0.2) is 8.42 Å². The summed E-state index contributed by atoms with van der Waals surface area (Å²) in [5, 5.41) is 3.79. The van der Waals surface area contributed by atoms with Crippen molar-refractivity contribution in [2.24, 2.45) is 0 Å². The van der Waals surface area contributed by atoms with Crippen molar-refractivity contribution in [1.82, 2.24) is 19.9 Å². The number of alkyl halides is 3. The summed E-state index contributed by atoms with van der Waals surface area (Å²) in [5.74, 6) is 0.153. The van der Waals surface area contributed by atoms with Crippen molar-refractivity contribution in [3.05, 3.63) is 65.5 Å². The molecule has 4 rings (SSSR count). The zero-order valence-electron chi connectivity index (χ0n) is 18.1. The van der Waals surface area contributed by atoms with Gasteiger partial charge in [-0.05, 0) is 36.4 Å². The first-order valence-corrected chi connectivity index (χ1v) is 12.2. The van der Waals surface area contributed by atoms with Crippen molar-refractivity contribution in [3.8, 4) is 11.4 Å². The van der Waals surface area contributed by atoms with Crippen LogP contribution in [0.2, 0.25) is 0 Å². The standard InChI is InChI=1S/C22H21F3N4O4S/c1-34(31,32)18-7-5-15(6-8-18)21(30)29-11-9-28(10-12-29)14-19-26-20(27-33-19)16-3-2-4-17(13-16)22(23,24)25/h2-8,13H,9-12,14H2,1H3. The molecule has 2 aromatic carbocycles. The van der Waals surface area contributed by atoms with E-state index in [1.165, 1.54) is 36.4 Å². The number of carbonyl (C=O) groups excluding carboxylic acids is 1. The molecule has 12 heteroatoms. The highest BCUT2D eigenvalue weighted by Crippen LogP contribution is 2.31. The maximum absolute atomic E-state index is 12.9. The van der Waals surface area contributed by atoms with Gasteiger partial charge in [0.25, 0.3) is 5.91 Å². The molecule has 0 N–H and O–H groups in total. The minimum Gasteiger partial charge on any atom is -0.338 e. The number of halogens is 3. The van der Waals surface area contributed by atoms with E-state index in [1.54, 1.807) is 4.90 Å². The van der Waals surface area contributed by atoms with Gasteiger partial charge in [-0.15, -0.1) is 0 Å². The van der Waals surface area contributed by atoms with Gasteiger partial charge in [0.05, 0.1) is 17.0 Å². The molecule has 0 unspecified atom stereocenters. The van der Waals surface area contributed by atoms with Crippen LogP contribution < -0.4 is 0 Å². The van der Waals surface area contributed by atoms with Crippen LogP contribution in [0.1, 0.15) is 21.8 Å². The van der Waals surface area contributed by atoms with Crippen molar-refractivity contribution in [2.75, 3.05) is 32.4 Å². The summed E-state index contributed by atoms with van der Waals surface area (Å²) in [4.78, 5) is 20.8. The zero-order chi connectivity index (χ0) is 24.5. The predicted molar refractivity (Wildman–Crippen MR) is 115 cm³/mol. The molecular formula is C22H21F3N4O4S. The Hall–Kier alpha value is -3.25. The predicted octanol–water partition coefficient (Wildman–Crippen LogP) is 3.12. The number of rotatable bonds is 5. The van der Waals surface area contributed by atoms with E-state index in [0.717, 1.165) is 18.4 Å². The maximum Gasteiger partial charge on any atom is 0.416 e. The molecule has 180 valence electrons. The van der Waals surface area contributed by atoms with Crippen LogP contribution in [0.5, 0.6) is 0 Å². The van der Waals surface area contributed by atoms with Gasteiger partial charge in [0, 0.05) is 43.6 Å². The Labute approximate surface area is 193 Å². The SMILES string of the molecule is CS(=O)(=O)c1ccc(C(=O)N2CCN(Cc3nc(-c4cccc(C(F)(F)F)c4)no3)CC2)cc1. The van der Waals surface area contributed by atoms with Gasteiger partial charge in [0.1, 0.15) is 0 Å². The molecule has 1 amide bonds. The summed E-state index contributed by atoms with van der Waals surface area (Å²) >= 11 is 0. The smallest absolute Gasteiger partial charge is 0.338 e. The number of benzene rings is 2. The van der Waals surface area contributed by atoms with Crippen molar-refractivity contribution in [2.45, 2.75) is 17.6 Å². The van der Waals surface area contributed by atoms with E-state index in [2.05, 4.69) is 10.1 Å². The topological polar surface area (TPSA) is 96.6 Å². The van der Waals surface area contributed by atoms with Crippen LogP contribution in [0.25, 0.3) is 11.4 Å². The first-order chi connectivity index (χ1) is 16.0. The highest BCUT2D eigenvalue weighted by atomic mass is 32.2. The Morgan fingerprint density at radius 2 is 1.74 bits per heavy atom. The third-order valence-corrected chi connectivity index (χ3v) is 6.59. The van der Waals surface area contributed by atoms with E-state index in [9.17, 15) is 26.4 Å². The molecule has 1 aliphatic heterocycles. The largest absolute Gasteiger partial charge is 0.416 e. The lowest BCUT2D eigenvalue weighted by molar-refractivity contribution is -0.137. The molecule has 8 nitrogen and oxygen atoms in total. The van der Waals surface area contributed by atoms with Crippen molar-refractivity contribution in [3.63, 3.8) is 0 Å². The molecule has 0 radical (unpaired) electrons. The number of carbonyl (C=O) groups is 1. The maximum atomic E-state index is 12.9. The molecule has 1 saturated heterocycles. The summed E-state index contributed by atoms with van der Waals surface area (Å²) in [7, 11) is -3.33. The first kappa shape index (κ1) is 23.9. The van der Waals surface area contributed by atoms with E-state index in [4.69, 9.17) is 4.52 Å². The molecule has 3 aromatic rings. The second kappa shape index (κ2) is 9.18. The van der Waals surface area contributed by atoms with E-state index in [-0.39, 0.29) is 28.1 Å². The third kappa shape index (κ3) is 5.45. The molecule has 0 aliphatic carbocycles. The molecule has 34 heavy (non-hydrogen) atoms. The molecule has 0 bridgehead atoms. The van der Waals surface area contributed by atoms with Gasteiger partial charge in [-0.1, -0.05) is 17.3 Å². The fraction of sp³-hybridized carbons (Fsp3) is 0.318. The van der Waals surface area contributed by atoms with Gasteiger partial charge in [-0.3, -0.25) is 9.69 Å². The third-order valence-electron chi connectivity index (χ3n) is 5.46. The summed E-state index contributed by atoms with van der Waals surface area (Å²) in [6.45, 7) is 2.27. The quantitative estimate of drug-likeness (QED) is 0.538. The number of nitrogens with zero attached hydrogens (tertiary/aromatic N) is 4. The molecule has 1 aliphatic rings. The van der Waals surface area contributed by atoms with E-state index >= 15 is 0 Å². The number of amides is 1. The van der Waals surface area contributed by atoms with E-state index in [1.807, 2.05) is 4.90 Å². The van der Waals surface area contributed by atoms with Gasteiger partial charge in [-0.2, -0.15) is 18.2 Å². The van der Waals surface area contributed by atoms with E-state index in [0.29, 0.717) is 38.3 Å². The number of hydrogen-bond acceptors (Lipinski definition) is 7. The Kier molecular flexibility index (Phi) is 6.45. The first-order valence-electron chi connectivity index (χ1n) is 10.3. The Balaban J connectivity index is 1.34. The number of aromatic nitrogens is 2. The number of piperazine rings is 1. The molecular weight excluding hydrogens is 473 g/mol. The molecule has 1 aromatic heterocycles. The highest BCUT2D eigenvalue weighted by Gasteiger charge is 2.31. The average molecular weight is 494 g/mol. The Morgan fingerprint density at radius 1 is 1.06 bits per heavy atom. The second-order valence-electron chi connectivity index (χ2n) is 7.96. The molecule has 0 atom stereocenters. The normalized spacial score (nSPS) is 15.5. The van der Waals surface area contributed by atoms with Gasteiger partial charge in [0.2, 0.25) is 11.7 Å². The fourth-order valence-electron chi connectivity index (χ4n) is 3.60. The molecule has 0 saturated carbocycles. The zero-order valence-corrected chi connectivity index (χ0v) is 18.9. The molecule has 1 fully saturated rings. The van der Waals surface area contributed by atoms with Crippen LogP contribution in [0.4, 0.5) is 13.2 Å². The van der Waals surface area contributed by atoms with Crippen molar-refractivity contribution in [1.29, 1.82) is 0 Å². The average Bonchev–Trinajstić information content (AvgIpc) is 3.27. The van der Waals surface area contributed by atoms with Crippen LogP contribution in [-0.4, -0.2) is 66.7 Å².